The lowest BCUT2D eigenvalue weighted by molar-refractivity contribution is -0.157. The molecule has 0 spiro atoms. The number of fused-ring (bicyclic) bond motifs is 1. The molecule has 0 saturated carbocycles. The van der Waals surface area contributed by atoms with Gasteiger partial charge in [-0.1, -0.05) is 34.7 Å². The lowest BCUT2D eigenvalue weighted by atomic mass is 9.89. The normalized spacial score (nSPS) is 24.6. The molecule has 11 nitrogen and oxygen atoms in total. The van der Waals surface area contributed by atoms with Crippen molar-refractivity contribution in [2.24, 2.45) is 5.41 Å². The number of thiazole rings is 1. The van der Waals surface area contributed by atoms with Crippen molar-refractivity contribution < 1.29 is 24.3 Å². The fraction of sp³-hybridized carbons (Fsp3) is 0.353. The summed E-state index contributed by atoms with van der Waals surface area (Å²) >= 11 is 10.9. The third-order valence-electron chi connectivity index (χ3n) is 5.01. The quantitative estimate of drug-likeness (QED) is 0.182. The number of halogens is 1. The standard InChI is InChI=1S/C17H15ClN6O5S4/c18-1-8(9-2-30-15(21-9)19-6-25)11(26)22-10-12(27)24-3-17(14(28)29,4-31-13(10)24)5-32-16-23-20-7-33-16/h1-2,6-7,10,13H,3-5H2,(H,22,26)(H,28,29)(H,19,21,25)/t10?,13-,17?/m1/s1. The predicted octanol–water partition coefficient (Wildman–Crippen LogP) is 1.41. The average molecular weight is 547 g/mol. The van der Waals surface area contributed by atoms with Crippen molar-refractivity contribution in [2.45, 2.75) is 15.8 Å². The number of β-lactam (4-membered cyclic amide) rings is 1. The smallest absolute Gasteiger partial charge is 0.313 e. The zero-order valence-electron chi connectivity index (χ0n) is 16.5. The monoisotopic (exact) mass is 546 g/mol. The number of nitrogens with zero attached hydrogens (tertiary/aromatic N) is 4. The molecule has 3 atom stereocenters. The third kappa shape index (κ3) is 4.73. The molecule has 0 radical (unpaired) electrons. The molecule has 0 aliphatic carbocycles. The Kier molecular flexibility index (Phi) is 7.23. The predicted molar refractivity (Wildman–Crippen MR) is 126 cm³/mol. The van der Waals surface area contributed by atoms with E-state index in [-0.39, 0.29) is 40.6 Å². The molecular formula is C17H15ClN6O5S4. The largest absolute Gasteiger partial charge is 0.481 e. The van der Waals surface area contributed by atoms with Gasteiger partial charge in [0.1, 0.15) is 22.3 Å². The average Bonchev–Trinajstić information content (AvgIpc) is 3.49. The van der Waals surface area contributed by atoms with Crippen LogP contribution in [0.25, 0.3) is 5.57 Å². The van der Waals surface area contributed by atoms with Crippen molar-refractivity contribution in [2.75, 3.05) is 23.4 Å². The first-order valence-corrected chi connectivity index (χ1v) is 13.4. The topological polar surface area (TPSA) is 154 Å². The molecule has 3 N–H and O–H groups in total. The number of thioether (sulfide) groups is 2. The number of carbonyl (C=O) groups excluding carboxylic acids is 3. The van der Waals surface area contributed by atoms with Gasteiger partial charge in [0.05, 0.1) is 11.3 Å². The van der Waals surface area contributed by atoms with Gasteiger partial charge in [0.15, 0.2) is 9.47 Å². The van der Waals surface area contributed by atoms with E-state index in [1.807, 2.05) is 0 Å². The van der Waals surface area contributed by atoms with E-state index < -0.39 is 23.3 Å². The van der Waals surface area contributed by atoms with Crippen LogP contribution in [0.4, 0.5) is 5.13 Å². The molecule has 2 saturated heterocycles. The molecular weight excluding hydrogens is 532 g/mol. The molecule has 4 rings (SSSR count). The summed E-state index contributed by atoms with van der Waals surface area (Å²) in [6.07, 6.45) is 0.470. The lowest BCUT2D eigenvalue weighted by Gasteiger charge is -2.53. The van der Waals surface area contributed by atoms with Gasteiger partial charge in [-0.25, -0.2) is 4.98 Å². The van der Waals surface area contributed by atoms with Crippen molar-refractivity contribution in [3.63, 3.8) is 0 Å². The van der Waals surface area contributed by atoms with Crippen LogP contribution < -0.4 is 10.6 Å². The second kappa shape index (κ2) is 9.97. The van der Waals surface area contributed by atoms with Crippen LogP contribution in [0.2, 0.25) is 0 Å². The molecule has 2 aromatic rings. The SMILES string of the molecule is O=CNc1nc(C(=CCl)C(=O)NC2C(=O)N3CC(CSc4nncs4)(C(=O)O)CS[C@H]23)cs1. The van der Waals surface area contributed by atoms with E-state index >= 15 is 0 Å². The first kappa shape index (κ1) is 23.9. The summed E-state index contributed by atoms with van der Waals surface area (Å²) in [6.45, 7) is 0.0437. The maximum atomic E-state index is 12.8. The van der Waals surface area contributed by atoms with E-state index in [4.69, 9.17) is 11.6 Å². The molecule has 33 heavy (non-hydrogen) atoms. The molecule has 2 fully saturated rings. The fourth-order valence-corrected chi connectivity index (χ4v) is 7.52. The van der Waals surface area contributed by atoms with Crippen LogP contribution in [0, 0.1) is 5.41 Å². The zero-order chi connectivity index (χ0) is 23.6. The van der Waals surface area contributed by atoms with Crippen LogP contribution >= 0.6 is 57.8 Å². The molecule has 2 aliphatic heterocycles. The number of hydrogen-bond acceptors (Lipinski definition) is 11. The van der Waals surface area contributed by atoms with Gasteiger partial charge in [0.2, 0.25) is 12.3 Å². The summed E-state index contributed by atoms with van der Waals surface area (Å²) in [5.41, 5.74) is 1.81. The molecule has 16 heteroatoms. The molecule has 0 aromatic carbocycles. The van der Waals surface area contributed by atoms with Crippen molar-refractivity contribution >= 4 is 92.7 Å². The maximum Gasteiger partial charge on any atom is 0.313 e. The summed E-state index contributed by atoms with van der Waals surface area (Å²) in [5.74, 6) is -1.41. The lowest BCUT2D eigenvalue weighted by Crippen LogP contribution is -2.74. The molecule has 4 heterocycles. The van der Waals surface area contributed by atoms with Crippen molar-refractivity contribution in [1.29, 1.82) is 0 Å². The van der Waals surface area contributed by atoms with Gasteiger partial charge in [-0.3, -0.25) is 19.2 Å². The minimum atomic E-state index is -1.13. The second-order valence-corrected chi connectivity index (χ2v) is 11.3. The highest BCUT2D eigenvalue weighted by Crippen LogP contribution is 2.44. The number of rotatable bonds is 9. The van der Waals surface area contributed by atoms with Gasteiger partial charge in [-0.05, 0) is 0 Å². The highest BCUT2D eigenvalue weighted by molar-refractivity contribution is 8.01. The summed E-state index contributed by atoms with van der Waals surface area (Å²) in [6, 6.07) is -0.803. The number of carbonyl (C=O) groups is 4. The Hall–Kier alpha value is -2.20. The van der Waals surface area contributed by atoms with Crippen molar-refractivity contribution in [1.82, 2.24) is 25.4 Å². The summed E-state index contributed by atoms with van der Waals surface area (Å²) in [7, 11) is 0. The number of nitrogens with one attached hydrogen (secondary N) is 2. The van der Waals surface area contributed by atoms with E-state index in [0.29, 0.717) is 15.9 Å². The third-order valence-corrected chi connectivity index (χ3v) is 9.74. The minimum absolute atomic E-state index is 0.0437. The highest BCUT2D eigenvalue weighted by atomic mass is 35.5. The zero-order valence-corrected chi connectivity index (χ0v) is 20.5. The summed E-state index contributed by atoms with van der Waals surface area (Å²) in [5, 5.41) is 24.1. The number of hydrogen-bond donors (Lipinski definition) is 3. The van der Waals surface area contributed by atoms with Crippen molar-refractivity contribution in [3.05, 3.63) is 22.1 Å². The molecule has 3 amide bonds. The van der Waals surface area contributed by atoms with Gasteiger partial charge in [-0.2, -0.15) is 0 Å². The maximum absolute atomic E-state index is 12.8. The number of amides is 3. The molecule has 2 aliphatic rings. The second-order valence-electron chi connectivity index (χ2n) is 7.02. The summed E-state index contributed by atoms with van der Waals surface area (Å²) < 4.78 is 0.664. The van der Waals surface area contributed by atoms with Crippen LogP contribution in [0.3, 0.4) is 0 Å². The van der Waals surface area contributed by atoms with E-state index in [0.717, 1.165) is 16.9 Å². The van der Waals surface area contributed by atoms with Crippen LogP contribution in [0.15, 0.2) is 20.8 Å². The Morgan fingerprint density at radius 1 is 1.42 bits per heavy atom. The van der Waals surface area contributed by atoms with Crippen molar-refractivity contribution in [3.8, 4) is 0 Å². The number of carboxylic acid groups (broad SMARTS) is 1. The highest BCUT2D eigenvalue weighted by Gasteiger charge is 2.57. The van der Waals surface area contributed by atoms with Gasteiger partial charge >= 0.3 is 5.97 Å². The van der Waals surface area contributed by atoms with Gasteiger partial charge < -0.3 is 20.6 Å². The van der Waals surface area contributed by atoms with E-state index in [1.165, 1.54) is 39.8 Å². The van der Waals surface area contributed by atoms with Crippen LogP contribution in [0.1, 0.15) is 5.69 Å². The van der Waals surface area contributed by atoms with Gasteiger partial charge in [0, 0.05) is 29.0 Å². The number of aromatic nitrogens is 3. The first-order chi connectivity index (χ1) is 15.9. The number of anilines is 1. The van der Waals surface area contributed by atoms with E-state index in [9.17, 15) is 24.3 Å². The molecule has 174 valence electrons. The van der Waals surface area contributed by atoms with Crippen LogP contribution in [-0.2, 0) is 19.2 Å². The Bertz CT molecular complexity index is 1110. The van der Waals surface area contributed by atoms with Crippen LogP contribution in [-0.4, -0.2) is 78.8 Å². The van der Waals surface area contributed by atoms with Gasteiger partial charge in [0.25, 0.3) is 5.91 Å². The fourth-order valence-electron chi connectivity index (χ4n) is 3.29. The first-order valence-electron chi connectivity index (χ1n) is 9.20. The Labute approximate surface area is 208 Å². The molecule has 2 unspecified atom stereocenters. The number of carboxylic acids is 1. The molecule has 2 aromatic heterocycles. The Morgan fingerprint density at radius 2 is 2.24 bits per heavy atom. The molecule has 0 bridgehead atoms. The van der Waals surface area contributed by atoms with Gasteiger partial charge in [-0.15, -0.1) is 33.3 Å². The Balaban J connectivity index is 1.40. The number of aliphatic carboxylic acids is 1. The van der Waals surface area contributed by atoms with Crippen LogP contribution in [0.5, 0.6) is 0 Å². The Morgan fingerprint density at radius 3 is 2.91 bits per heavy atom. The minimum Gasteiger partial charge on any atom is -0.481 e. The van der Waals surface area contributed by atoms with E-state index in [1.54, 1.807) is 10.9 Å². The summed E-state index contributed by atoms with van der Waals surface area (Å²) in [4.78, 5) is 53.8. The van der Waals surface area contributed by atoms with E-state index in [2.05, 4.69) is 25.8 Å².